The molecule has 0 radical (unpaired) electrons. The van der Waals surface area contributed by atoms with E-state index in [4.69, 9.17) is 21.4 Å². The molecule has 0 bridgehead atoms. The van der Waals surface area contributed by atoms with Gasteiger partial charge in [0.15, 0.2) is 4.88 Å². The number of halogens is 1. The summed E-state index contributed by atoms with van der Waals surface area (Å²) in [6.45, 7) is 1.65. The first kappa shape index (κ1) is 15.3. The van der Waals surface area contributed by atoms with Crippen LogP contribution in [0.2, 0.25) is 5.02 Å². The highest BCUT2D eigenvalue weighted by Gasteiger charge is 2.18. The molecule has 1 aromatic heterocycles. The van der Waals surface area contributed by atoms with Gasteiger partial charge in [-0.2, -0.15) is 0 Å². The maximum Gasteiger partial charge on any atom is 0.349 e. The summed E-state index contributed by atoms with van der Waals surface area (Å²) >= 11 is 6.82. The Kier molecular flexibility index (Phi) is 4.44. The zero-order chi connectivity index (χ0) is 15.6. The molecule has 2 aromatic rings. The lowest BCUT2D eigenvalue weighted by molar-refractivity contribution is -0.385. The number of carboxylic acid groups (broad SMARTS) is 1. The fourth-order valence-electron chi connectivity index (χ4n) is 1.73. The van der Waals surface area contributed by atoms with Crippen LogP contribution in [0.15, 0.2) is 24.3 Å². The van der Waals surface area contributed by atoms with E-state index in [-0.39, 0.29) is 27.9 Å². The minimum Gasteiger partial charge on any atom is -0.487 e. The summed E-state index contributed by atoms with van der Waals surface area (Å²) in [4.78, 5) is 22.3. The number of hydrogen-bond acceptors (Lipinski definition) is 5. The number of rotatable bonds is 5. The van der Waals surface area contributed by atoms with E-state index in [2.05, 4.69) is 0 Å². The molecular weight excluding hydrogens is 318 g/mol. The predicted molar refractivity (Wildman–Crippen MR) is 78.5 cm³/mol. The molecule has 6 nitrogen and oxygen atoms in total. The Balaban J connectivity index is 2.25. The van der Waals surface area contributed by atoms with Crippen LogP contribution in [0.4, 0.5) is 5.69 Å². The molecule has 21 heavy (non-hydrogen) atoms. The second-order valence-corrected chi connectivity index (χ2v) is 5.87. The Labute approximate surface area is 128 Å². The Morgan fingerprint density at radius 2 is 2.19 bits per heavy atom. The molecule has 1 heterocycles. The van der Waals surface area contributed by atoms with Gasteiger partial charge in [-0.25, -0.2) is 4.79 Å². The van der Waals surface area contributed by atoms with Crippen LogP contribution in [0.3, 0.4) is 0 Å². The van der Waals surface area contributed by atoms with Crippen molar-refractivity contribution in [2.24, 2.45) is 0 Å². The molecule has 0 saturated heterocycles. The number of ether oxygens (including phenoxy) is 1. The van der Waals surface area contributed by atoms with Crippen molar-refractivity contribution in [3.8, 4) is 5.75 Å². The number of carboxylic acids is 1. The first-order valence-corrected chi connectivity index (χ1v) is 6.97. The van der Waals surface area contributed by atoms with Crippen molar-refractivity contribution < 1.29 is 19.6 Å². The van der Waals surface area contributed by atoms with Gasteiger partial charge < -0.3 is 9.84 Å². The molecule has 0 aliphatic rings. The molecule has 0 amide bonds. The van der Waals surface area contributed by atoms with Gasteiger partial charge >= 0.3 is 5.97 Å². The molecule has 110 valence electrons. The molecule has 0 atom stereocenters. The lowest BCUT2D eigenvalue weighted by Gasteiger charge is -2.06. The average Bonchev–Trinajstić information content (AvgIpc) is 2.78. The Morgan fingerprint density at radius 1 is 1.48 bits per heavy atom. The lowest BCUT2D eigenvalue weighted by atomic mass is 10.2. The fraction of sp³-hybridized carbons (Fsp3) is 0.154. The van der Waals surface area contributed by atoms with Gasteiger partial charge in [-0.1, -0.05) is 11.6 Å². The van der Waals surface area contributed by atoms with Gasteiger partial charge in [0.2, 0.25) is 0 Å². The smallest absolute Gasteiger partial charge is 0.349 e. The summed E-state index contributed by atoms with van der Waals surface area (Å²) in [5.74, 6) is -0.886. The standard InChI is InChI=1S/C13H10ClNO5S/c1-7-4-11(12(21-7)13(16)17)20-6-8-2-3-9(14)5-10(8)15(18)19/h2-5H,6H2,1H3,(H,16,17). The minimum absolute atomic E-state index is 0.0733. The fourth-order valence-corrected chi connectivity index (χ4v) is 2.69. The van der Waals surface area contributed by atoms with Gasteiger partial charge in [-0.3, -0.25) is 10.1 Å². The minimum atomic E-state index is -1.09. The van der Waals surface area contributed by atoms with Gasteiger partial charge in [0.1, 0.15) is 12.4 Å². The third kappa shape index (κ3) is 3.50. The van der Waals surface area contributed by atoms with Crippen molar-refractivity contribution in [2.75, 3.05) is 0 Å². The van der Waals surface area contributed by atoms with Crippen LogP contribution >= 0.6 is 22.9 Å². The third-order valence-corrected chi connectivity index (χ3v) is 3.90. The summed E-state index contributed by atoms with van der Waals surface area (Å²) < 4.78 is 5.42. The molecule has 0 unspecified atom stereocenters. The normalized spacial score (nSPS) is 10.4. The summed E-state index contributed by atoms with van der Waals surface area (Å²) in [6, 6.07) is 5.83. The highest BCUT2D eigenvalue weighted by Crippen LogP contribution is 2.31. The van der Waals surface area contributed by atoms with Crippen molar-refractivity contribution in [2.45, 2.75) is 13.5 Å². The molecule has 8 heteroatoms. The molecule has 0 spiro atoms. The van der Waals surface area contributed by atoms with E-state index in [1.54, 1.807) is 13.0 Å². The molecule has 0 aliphatic heterocycles. The van der Waals surface area contributed by atoms with Crippen LogP contribution in [0.5, 0.6) is 5.75 Å². The second-order valence-electron chi connectivity index (χ2n) is 4.17. The van der Waals surface area contributed by atoms with E-state index >= 15 is 0 Å². The average molecular weight is 328 g/mol. The molecule has 0 aliphatic carbocycles. The molecule has 1 N–H and O–H groups in total. The second kappa shape index (κ2) is 6.11. The third-order valence-electron chi connectivity index (χ3n) is 2.64. The number of hydrogen-bond donors (Lipinski definition) is 1. The van der Waals surface area contributed by atoms with Gasteiger partial charge in [-0.15, -0.1) is 11.3 Å². The number of nitrogens with zero attached hydrogens (tertiary/aromatic N) is 1. The predicted octanol–water partition coefficient (Wildman–Crippen LogP) is 3.90. The number of carbonyl (C=O) groups is 1. The van der Waals surface area contributed by atoms with E-state index in [0.29, 0.717) is 5.56 Å². The van der Waals surface area contributed by atoms with E-state index in [0.717, 1.165) is 16.2 Å². The van der Waals surface area contributed by atoms with Crippen molar-refractivity contribution in [1.82, 2.24) is 0 Å². The van der Waals surface area contributed by atoms with Gasteiger partial charge in [0.25, 0.3) is 5.69 Å². The largest absolute Gasteiger partial charge is 0.487 e. The zero-order valence-electron chi connectivity index (χ0n) is 10.8. The monoisotopic (exact) mass is 327 g/mol. The highest BCUT2D eigenvalue weighted by molar-refractivity contribution is 7.14. The van der Waals surface area contributed by atoms with E-state index in [1.807, 2.05) is 0 Å². The number of thiophene rings is 1. The zero-order valence-corrected chi connectivity index (χ0v) is 12.4. The summed E-state index contributed by atoms with van der Waals surface area (Å²) in [6.07, 6.45) is 0. The van der Waals surface area contributed by atoms with Crippen molar-refractivity contribution >= 4 is 34.6 Å². The Morgan fingerprint density at radius 3 is 2.81 bits per heavy atom. The van der Waals surface area contributed by atoms with Crippen LogP contribution in [-0.2, 0) is 6.61 Å². The van der Waals surface area contributed by atoms with Crippen molar-refractivity contribution in [3.05, 3.63) is 54.7 Å². The Hall–Kier alpha value is -2.12. The van der Waals surface area contributed by atoms with Crippen LogP contribution < -0.4 is 4.74 Å². The van der Waals surface area contributed by atoms with Gasteiger partial charge in [0, 0.05) is 16.0 Å². The van der Waals surface area contributed by atoms with E-state index < -0.39 is 10.9 Å². The molecular formula is C13H10ClNO5S. The molecule has 0 saturated carbocycles. The molecule has 0 fully saturated rings. The topological polar surface area (TPSA) is 89.7 Å². The molecule has 1 aromatic carbocycles. The van der Waals surface area contributed by atoms with Gasteiger partial charge in [0.05, 0.1) is 10.5 Å². The first-order valence-electron chi connectivity index (χ1n) is 5.78. The number of aryl methyl sites for hydroxylation is 1. The summed E-state index contributed by atoms with van der Waals surface area (Å²) in [5.41, 5.74) is 0.163. The lowest BCUT2D eigenvalue weighted by Crippen LogP contribution is -2.02. The number of nitro groups is 1. The Bertz CT molecular complexity index is 713. The van der Waals surface area contributed by atoms with Crippen molar-refractivity contribution in [1.29, 1.82) is 0 Å². The van der Waals surface area contributed by atoms with Crippen LogP contribution in [0, 0.1) is 17.0 Å². The number of benzene rings is 1. The van der Waals surface area contributed by atoms with Crippen molar-refractivity contribution in [3.63, 3.8) is 0 Å². The molecule has 2 rings (SSSR count). The highest BCUT2D eigenvalue weighted by atomic mass is 35.5. The van der Waals surface area contributed by atoms with Gasteiger partial charge in [-0.05, 0) is 25.1 Å². The number of aromatic carboxylic acids is 1. The maximum absolute atomic E-state index is 11.1. The SMILES string of the molecule is Cc1cc(OCc2ccc(Cl)cc2[N+](=O)[O-])c(C(=O)O)s1. The quantitative estimate of drug-likeness (QED) is 0.664. The van der Waals surface area contributed by atoms with Crippen LogP contribution in [0.1, 0.15) is 20.1 Å². The van der Waals surface area contributed by atoms with Crippen LogP contribution in [0.25, 0.3) is 0 Å². The van der Waals surface area contributed by atoms with E-state index in [1.165, 1.54) is 18.2 Å². The van der Waals surface area contributed by atoms with E-state index in [9.17, 15) is 14.9 Å². The number of nitro benzene ring substituents is 1. The first-order chi connectivity index (χ1) is 9.88. The summed E-state index contributed by atoms with van der Waals surface area (Å²) in [7, 11) is 0. The summed E-state index contributed by atoms with van der Waals surface area (Å²) in [5, 5.41) is 20.3. The maximum atomic E-state index is 11.1. The van der Waals surface area contributed by atoms with Crippen LogP contribution in [-0.4, -0.2) is 16.0 Å².